The van der Waals surface area contributed by atoms with Crippen molar-refractivity contribution >= 4 is 40.6 Å². The Balaban J connectivity index is 1.44. The molecule has 0 spiro atoms. The number of non-ortho nitro benzene ring substituents is 1. The normalized spacial score (nSPS) is 14.8. The lowest BCUT2D eigenvalue weighted by Crippen LogP contribution is -2.38. The van der Waals surface area contributed by atoms with E-state index < -0.39 is 22.0 Å². The van der Waals surface area contributed by atoms with Gasteiger partial charge in [0.25, 0.3) is 22.7 Å². The number of amides is 3. The number of rotatable bonds is 8. The molecule has 0 saturated carbocycles. The molecule has 0 atom stereocenters. The zero-order valence-corrected chi connectivity index (χ0v) is 16.5. The van der Waals surface area contributed by atoms with E-state index in [1.807, 2.05) is 30.3 Å². The molecule has 154 valence electrons. The number of carbonyl (C=O) groups is 3. The van der Waals surface area contributed by atoms with Gasteiger partial charge in [-0.25, -0.2) is 0 Å². The maximum atomic E-state index is 12.4. The van der Waals surface area contributed by atoms with Gasteiger partial charge in [0.2, 0.25) is 0 Å². The van der Waals surface area contributed by atoms with Crippen molar-refractivity contribution < 1.29 is 24.0 Å². The highest BCUT2D eigenvalue weighted by molar-refractivity contribution is 8.18. The standard InChI is InChI=1S/C20H17N3O6S/c24-18(13-29-16-8-6-15(7-9-16)23(27)28)21-10-11-22-19(25)17(30-20(22)26)12-14-4-2-1-3-5-14/h1-9,12H,10-11,13H2,(H,21,24)/b17-12-. The molecule has 9 nitrogen and oxygen atoms in total. The molecule has 0 unspecified atom stereocenters. The number of hydrogen-bond donors (Lipinski definition) is 1. The first-order valence-electron chi connectivity index (χ1n) is 8.88. The summed E-state index contributed by atoms with van der Waals surface area (Å²) in [4.78, 5) is 47.9. The van der Waals surface area contributed by atoms with Gasteiger partial charge in [-0.3, -0.25) is 29.4 Å². The summed E-state index contributed by atoms with van der Waals surface area (Å²) < 4.78 is 5.26. The van der Waals surface area contributed by atoms with Gasteiger partial charge in [-0.2, -0.15) is 0 Å². The molecule has 3 amide bonds. The smallest absolute Gasteiger partial charge is 0.293 e. The monoisotopic (exact) mass is 427 g/mol. The van der Waals surface area contributed by atoms with Crippen LogP contribution in [0.1, 0.15) is 5.56 Å². The van der Waals surface area contributed by atoms with Crippen molar-refractivity contribution in [2.45, 2.75) is 0 Å². The van der Waals surface area contributed by atoms with Crippen molar-refractivity contribution in [2.75, 3.05) is 19.7 Å². The van der Waals surface area contributed by atoms with Gasteiger partial charge in [0.15, 0.2) is 6.61 Å². The van der Waals surface area contributed by atoms with Crippen LogP contribution < -0.4 is 10.1 Å². The third-order valence-corrected chi connectivity index (χ3v) is 4.95. The highest BCUT2D eigenvalue weighted by Crippen LogP contribution is 2.31. The second-order valence-corrected chi connectivity index (χ2v) is 7.13. The van der Waals surface area contributed by atoms with Gasteiger partial charge >= 0.3 is 0 Å². The summed E-state index contributed by atoms with van der Waals surface area (Å²) in [6, 6.07) is 14.5. The molecule has 1 aliphatic heterocycles. The molecule has 30 heavy (non-hydrogen) atoms. The molecule has 3 rings (SSSR count). The highest BCUT2D eigenvalue weighted by atomic mass is 32.2. The number of nitro groups is 1. The van der Waals surface area contributed by atoms with E-state index in [1.54, 1.807) is 6.08 Å². The second kappa shape index (κ2) is 9.70. The fraction of sp³-hybridized carbons (Fsp3) is 0.150. The molecule has 1 saturated heterocycles. The molecular weight excluding hydrogens is 410 g/mol. The highest BCUT2D eigenvalue weighted by Gasteiger charge is 2.34. The van der Waals surface area contributed by atoms with E-state index in [1.165, 1.54) is 24.3 Å². The topological polar surface area (TPSA) is 119 Å². The minimum atomic E-state index is -0.532. The Labute approximate surface area is 175 Å². The quantitative estimate of drug-likeness (QED) is 0.391. The van der Waals surface area contributed by atoms with Crippen LogP contribution >= 0.6 is 11.8 Å². The van der Waals surface area contributed by atoms with E-state index in [0.717, 1.165) is 22.2 Å². The lowest BCUT2D eigenvalue weighted by Gasteiger charge is -2.13. The molecule has 10 heteroatoms. The summed E-state index contributed by atoms with van der Waals surface area (Å²) in [5.74, 6) is -0.530. The van der Waals surface area contributed by atoms with Crippen molar-refractivity contribution in [2.24, 2.45) is 0 Å². The number of ether oxygens (including phenoxy) is 1. The Hall–Kier alpha value is -3.66. The molecule has 1 aliphatic rings. The van der Waals surface area contributed by atoms with E-state index >= 15 is 0 Å². The number of thioether (sulfide) groups is 1. The number of nitrogens with zero attached hydrogens (tertiary/aromatic N) is 2. The molecule has 1 heterocycles. The lowest BCUT2D eigenvalue weighted by atomic mass is 10.2. The van der Waals surface area contributed by atoms with Crippen molar-refractivity contribution in [3.05, 3.63) is 75.2 Å². The van der Waals surface area contributed by atoms with Gasteiger partial charge in [0.1, 0.15) is 5.75 Å². The zero-order chi connectivity index (χ0) is 21.5. The predicted molar refractivity (Wildman–Crippen MR) is 111 cm³/mol. The van der Waals surface area contributed by atoms with E-state index in [0.29, 0.717) is 10.7 Å². The number of nitrogens with one attached hydrogen (secondary N) is 1. The molecule has 2 aromatic carbocycles. The Bertz CT molecular complexity index is 991. The van der Waals surface area contributed by atoms with E-state index in [9.17, 15) is 24.5 Å². The Morgan fingerprint density at radius 3 is 2.50 bits per heavy atom. The van der Waals surface area contributed by atoms with Crippen molar-refractivity contribution in [3.63, 3.8) is 0 Å². The van der Waals surface area contributed by atoms with Gasteiger partial charge in [-0.1, -0.05) is 30.3 Å². The van der Waals surface area contributed by atoms with Crippen LogP contribution in [-0.4, -0.2) is 46.6 Å². The molecule has 1 N–H and O–H groups in total. The largest absolute Gasteiger partial charge is 0.484 e. The van der Waals surface area contributed by atoms with Gasteiger partial charge in [0, 0.05) is 25.2 Å². The van der Waals surface area contributed by atoms with Gasteiger partial charge in [-0.05, 0) is 35.5 Å². The number of imide groups is 1. The summed E-state index contributed by atoms with van der Waals surface area (Å²) in [5, 5.41) is 12.8. The maximum absolute atomic E-state index is 12.4. The Morgan fingerprint density at radius 2 is 1.83 bits per heavy atom. The van der Waals surface area contributed by atoms with Crippen LogP contribution in [0.5, 0.6) is 5.75 Å². The minimum Gasteiger partial charge on any atom is -0.484 e. The molecular formula is C20H17N3O6S. The first kappa shape index (κ1) is 21.1. The van der Waals surface area contributed by atoms with Crippen LogP contribution in [0, 0.1) is 10.1 Å². The van der Waals surface area contributed by atoms with Gasteiger partial charge < -0.3 is 10.1 Å². The molecule has 1 fully saturated rings. The average Bonchev–Trinajstić information content (AvgIpc) is 3.00. The van der Waals surface area contributed by atoms with Crippen LogP contribution in [0.25, 0.3) is 6.08 Å². The van der Waals surface area contributed by atoms with E-state index in [4.69, 9.17) is 4.74 Å². The fourth-order valence-electron chi connectivity index (χ4n) is 2.56. The summed E-state index contributed by atoms with van der Waals surface area (Å²) >= 11 is 0.859. The number of hydrogen-bond acceptors (Lipinski definition) is 7. The predicted octanol–water partition coefficient (Wildman–Crippen LogP) is 2.83. The number of carbonyl (C=O) groups excluding carboxylic acids is 3. The SMILES string of the molecule is O=C(COc1ccc([N+](=O)[O-])cc1)NCCN1C(=O)S/C(=C\c2ccccc2)C1=O. The third kappa shape index (κ3) is 5.45. The first-order chi connectivity index (χ1) is 14.4. The van der Waals surface area contributed by atoms with E-state index in [2.05, 4.69) is 5.32 Å². The number of nitro benzene ring substituents is 1. The van der Waals surface area contributed by atoms with E-state index in [-0.39, 0.29) is 25.4 Å². The maximum Gasteiger partial charge on any atom is 0.293 e. The van der Waals surface area contributed by atoms with Crippen LogP contribution in [0.2, 0.25) is 0 Å². The average molecular weight is 427 g/mol. The zero-order valence-electron chi connectivity index (χ0n) is 15.6. The Morgan fingerprint density at radius 1 is 1.13 bits per heavy atom. The number of benzene rings is 2. The summed E-state index contributed by atoms with van der Waals surface area (Å²) in [6.45, 7) is -0.174. The fourth-order valence-corrected chi connectivity index (χ4v) is 3.43. The van der Waals surface area contributed by atoms with Crippen molar-refractivity contribution in [1.29, 1.82) is 0 Å². The van der Waals surface area contributed by atoms with Crippen molar-refractivity contribution in [1.82, 2.24) is 10.2 Å². The van der Waals surface area contributed by atoms with Crippen LogP contribution in [-0.2, 0) is 9.59 Å². The van der Waals surface area contributed by atoms with Gasteiger partial charge in [0.05, 0.1) is 9.83 Å². The molecule has 2 aromatic rings. The van der Waals surface area contributed by atoms with Crippen LogP contribution in [0.15, 0.2) is 59.5 Å². The minimum absolute atomic E-state index is 0.0417. The third-order valence-electron chi connectivity index (χ3n) is 4.05. The molecule has 0 radical (unpaired) electrons. The second-order valence-electron chi connectivity index (χ2n) is 6.13. The molecule has 0 aromatic heterocycles. The molecule has 0 aliphatic carbocycles. The van der Waals surface area contributed by atoms with Crippen molar-refractivity contribution in [3.8, 4) is 5.75 Å². The Kier molecular flexibility index (Phi) is 6.81. The molecule has 0 bridgehead atoms. The van der Waals surface area contributed by atoms with Gasteiger partial charge in [-0.15, -0.1) is 0 Å². The lowest BCUT2D eigenvalue weighted by molar-refractivity contribution is -0.384. The van der Waals surface area contributed by atoms with Crippen LogP contribution in [0.3, 0.4) is 0 Å². The summed E-state index contributed by atoms with van der Waals surface area (Å²) in [7, 11) is 0. The summed E-state index contributed by atoms with van der Waals surface area (Å²) in [5.41, 5.74) is 0.741. The summed E-state index contributed by atoms with van der Waals surface area (Å²) in [6.07, 6.45) is 1.65. The van der Waals surface area contributed by atoms with Crippen LogP contribution in [0.4, 0.5) is 10.5 Å². The first-order valence-corrected chi connectivity index (χ1v) is 9.70.